The van der Waals surface area contributed by atoms with E-state index in [2.05, 4.69) is 15.8 Å². The summed E-state index contributed by atoms with van der Waals surface area (Å²) in [6.45, 7) is -0.108. The van der Waals surface area contributed by atoms with Gasteiger partial charge in [0.1, 0.15) is 5.76 Å². The maximum Gasteiger partial charge on any atom is 0.259 e. The first-order valence-electron chi connectivity index (χ1n) is 6.90. The lowest BCUT2D eigenvalue weighted by atomic mass is 10.1. The molecule has 0 atom stereocenters. The van der Waals surface area contributed by atoms with Gasteiger partial charge in [-0.2, -0.15) is 5.10 Å². The van der Waals surface area contributed by atoms with E-state index in [-0.39, 0.29) is 12.5 Å². The molecule has 0 aliphatic heterocycles. The topological polar surface area (TPSA) is 83.7 Å². The third kappa shape index (κ3) is 5.62. The van der Waals surface area contributed by atoms with Gasteiger partial charge in [-0.25, -0.2) is 5.43 Å². The van der Waals surface area contributed by atoms with Crippen LogP contribution in [0.1, 0.15) is 17.7 Å². The van der Waals surface area contributed by atoms with Crippen LogP contribution in [0.4, 0.5) is 0 Å². The van der Waals surface area contributed by atoms with Gasteiger partial charge in [0.15, 0.2) is 0 Å². The number of amides is 2. The van der Waals surface area contributed by atoms with Crippen LogP contribution in [-0.2, 0) is 16.0 Å². The zero-order chi connectivity index (χ0) is 15.6. The Morgan fingerprint density at radius 2 is 1.91 bits per heavy atom. The van der Waals surface area contributed by atoms with Crippen molar-refractivity contribution >= 4 is 18.0 Å². The first-order valence-corrected chi connectivity index (χ1v) is 6.90. The Morgan fingerprint density at radius 3 is 2.64 bits per heavy atom. The summed E-state index contributed by atoms with van der Waals surface area (Å²) in [5, 5.41) is 6.26. The van der Waals surface area contributed by atoms with Gasteiger partial charge in [-0.3, -0.25) is 9.59 Å². The van der Waals surface area contributed by atoms with Gasteiger partial charge in [0.2, 0.25) is 5.91 Å². The highest BCUT2D eigenvalue weighted by Gasteiger charge is 2.05. The van der Waals surface area contributed by atoms with Gasteiger partial charge >= 0.3 is 0 Å². The molecule has 0 unspecified atom stereocenters. The molecule has 6 heteroatoms. The van der Waals surface area contributed by atoms with Crippen LogP contribution in [0.2, 0.25) is 0 Å². The van der Waals surface area contributed by atoms with Gasteiger partial charge in [0.05, 0.1) is 19.0 Å². The van der Waals surface area contributed by atoms with Gasteiger partial charge in [0, 0.05) is 6.42 Å². The van der Waals surface area contributed by atoms with Gasteiger partial charge in [0.25, 0.3) is 5.91 Å². The molecule has 0 saturated heterocycles. The molecule has 1 aromatic heterocycles. The van der Waals surface area contributed by atoms with E-state index in [1.165, 1.54) is 12.5 Å². The SMILES string of the molecule is O=C(CCc1ccccc1)NCC(=O)N/N=C/c1ccco1. The smallest absolute Gasteiger partial charge is 0.259 e. The summed E-state index contributed by atoms with van der Waals surface area (Å²) in [5.41, 5.74) is 3.39. The number of nitrogens with one attached hydrogen (secondary N) is 2. The molecule has 0 spiro atoms. The Labute approximate surface area is 128 Å². The molecule has 2 N–H and O–H groups in total. The van der Waals surface area contributed by atoms with Crippen LogP contribution in [-0.4, -0.2) is 24.6 Å². The zero-order valence-corrected chi connectivity index (χ0v) is 12.0. The quantitative estimate of drug-likeness (QED) is 0.600. The Hall–Kier alpha value is -2.89. The van der Waals surface area contributed by atoms with E-state index in [1.54, 1.807) is 12.1 Å². The molecule has 0 radical (unpaired) electrons. The highest BCUT2D eigenvalue weighted by molar-refractivity contribution is 5.85. The molecule has 0 aliphatic rings. The van der Waals surface area contributed by atoms with Gasteiger partial charge in [-0.1, -0.05) is 30.3 Å². The Balaban J connectivity index is 1.62. The van der Waals surface area contributed by atoms with E-state index in [0.29, 0.717) is 18.6 Å². The minimum atomic E-state index is -0.393. The fourth-order valence-electron chi connectivity index (χ4n) is 1.74. The van der Waals surface area contributed by atoms with Gasteiger partial charge in [-0.05, 0) is 24.1 Å². The first-order chi connectivity index (χ1) is 10.7. The molecule has 114 valence electrons. The van der Waals surface area contributed by atoms with Crippen molar-refractivity contribution in [3.63, 3.8) is 0 Å². The van der Waals surface area contributed by atoms with E-state index in [0.717, 1.165) is 5.56 Å². The first kappa shape index (κ1) is 15.5. The summed E-state index contributed by atoms with van der Waals surface area (Å²) in [6.07, 6.45) is 3.88. The van der Waals surface area contributed by atoms with Crippen molar-refractivity contribution in [1.29, 1.82) is 0 Å². The molecule has 0 bridgehead atoms. The van der Waals surface area contributed by atoms with Crippen LogP contribution in [0.3, 0.4) is 0 Å². The van der Waals surface area contributed by atoms with Gasteiger partial charge in [-0.15, -0.1) is 0 Å². The van der Waals surface area contributed by atoms with Crippen molar-refractivity contribution in [1.82, 2.24) is 10.7 Å². The highest BCUT2D eigenvalue weighted by atomic mass is 16.3. The number of carbonyl (C=O) groups excluding carboxylic acids is 2. The minimum Gasteiger partial charge on any atom is -0.463 e. The fraction of sp³-hybridized carbons (Fsp3) is 0.188. The lowest BCUT2D eigenvalue weighted by Crippen LogP contribution is -2.35. The van der Waals surface area contributed by atoms with Crippen LogP contribution in [0.15, 0.2) is 58.2 Å². The summed E-state index contributed by atoms with van der Waals surface area (Å²) in [4.78, 5) is 23.1. The number of aryl methyl sites for hydroxylation is 1. The second kappa shape index (κ2) is 8.41. The number of furan rings is 1. The van der Waals surface area contributed by atoms with Crippen molar-refractivity contribution in [2.24, 2.45) is 5.10 Å². The lowest BCUT2D eigenvalue weighted by Gasteiger charge is -2.04. The normalized spacial score (nSPS) is 10.5. The van der Waals surface area contributed by atoms with E-state index in [9.17, 15) is 9.59 Å². The van der Waals surface area contributed by atoms with Crippen molar-refractivity contribution < 1.29 is 14.0 Å². The van der Waals surface area contributed by atoms with Crippen LogP contribution in [0, 0.1) is 0 Å². The summed E-state index contributed by atoms with van der Waals surface area (Å²) in [6, 6.07) is 13.1. The van der Waals surface area contributed by atoms with Gasteiger partial charge < -0.3 is 9.73 Å². The van der Waals surface area contributed by atoms with E-state index >= 15 is 0 Å². The number of hydrogen-bond acceptors (Lipinski definition) is 4. The monoisotopic (exact) mass is 299 g/mol. The maximum absolute atomic E-state index is 11.6. The number of hydrogen-bond donors (Lipinski definition) is 2. The summed E-state index contributed by atoms with van der Waals surface area (Å²) in [7, 11) is 0. The van der Waals surface area contributed by atoms with Crippen molar-refractivity contribution in [3.8, 4) is 0 Å². The minimum absolute atomic E-state index is 0.108. The number of hydrazone groups is 1. The molecule has 2 rings (SSSR count). The van der Waals surface area contributed by atoms with Crippen LogP contribution in [0.25, 0.3) is 0 Å². The molecule has 0 fully saturated rings. The summed E-state index contributed by atoms with van der Waals surface area (Å²) < 4.78 is 5.02. The van der Waals surface area contributed by atoms with E-state index in [1.807, 2.05) is 30.3 Å². The number of benzene rings is 1. The molecular weight excluding hydrogens is 282 g/mol. The van der Waals surface area contributed by atoms with Crippen LogP contribution >= 0.6 is 0 Å². The Bertz CT molecular complexity index is 621. The summed E-state index contributed by atoms with van der Waals surface area (Å²) in [5.74, 6) is -0.0305. The molecule has 1 aromatic carbocycles. The third-order valence-corrected chi connectivity index (χ3v) is 2.85. The standard InChI is InChI=1S/C16H17N3O3/c20-15(9-8-13-5-2-1-3-6-13)17-12-16(21)19-18-11-14-7-4-10-22-14/h1-7,10-11H,8-9,12H2,(H,17,20)(H,19,21)/b18-11+. The molecule has 22 heavy (non-hydrogen) atoms. The predicted octanol–water partition coefficient (Wildman–Crippen LogP) is 1.48. The van der Waals surface area contributed by atoms with E-state index < -0.39 is 5.91 Å². The van der Waals surface area contributed by atoms with Crippen molar-refractivity contribution in [3.05, 3.63) is 60.1 Å². The predicted molar refractivity (Wildman–Crippen MR) is 82.2 cm³/mol. The lowest BCUT2D eigenvalue weighted by molar-refractivity contribution is -0.126. The maximum atomic E-state index is 11.6. The average Bonchev–Trinajstić information content (AvgIpc) is 3.05. The largest absolute Gasteiger partial charge is 0.463 e. The van der Waals surface area contributed by atoms with Crippen LogP contribution in [0.5, 0.6) is 0 Å². The molecule has 2 amide bonds. The molecule has 6 nitrogen and oxygen atoms in total. The van der Waals surface area contributed by atoms with Crippen molar-refractivity contribution in [2.75, 3.05) is 6.54 Å². The molecule has 0 saturated carbocycles. The zero-order valence-electron chi connectivity index (χ0n) is 12.0. The Kier molecular flexibility index (Phi) is 5.92. The molecule has 0 aliphatic carbocycles. The number of nitrogens with zero attached hydrogens (tertiary/aromatic N) is 1. The fourth-order valence-corrected chi connectivity index (χ4v) is 1.74. The number of rotatable bonds is 7. The molecule has 1 heterocycles. The van der Waals surface area contributed by atoms with E-state index in [4.69, 9.17) is 4.42 Å². The molecule has 2 aromatic rings. The molecular formula is C16H17N3O3. The average molecular weight is 299 g/mol. The highest BCUT2D eigenvalue weighted by Crippen LogP contribution is 2.01. The van der Waals surface area contributed by atoms with Crippen LogP contribution < -0.4 is 10.7 Å². The van der Waals surface area contributed by atoms with Crippen molar-refractivity contribution in [2.45, 2.75) is 12.8 Å². The second-order valence-corrected chi connectivity index (χ2v) is 4.57. The Morgan fingerprint density at radius 1 is 1.09 bits per heavy atom. The third-order valence-electron chi connectivity index (χ3n) is 2.85. The summed E-state index contributed by atoms with van der Waals surface area (Å²) >= 11 is 0. The second-order valence-electron chi connectivity index (χ2n) is 4.57. The number of carbonyl (C=O) groups is 2.